The molecule has 0 amide bonds. The number of nitrogens with two attached hydrogens (primary N) is 1. The minimum Gasteiger partial charge on any atom is -0.496 e. The first-order valence-corrected chi connectivity index (χ1v) is 7.08. The highest BCUT2D eigenvalue weighted by atomic mass is 32.1. The third-order valence-electron chi connectivity index (χ3n) is 3.70. The van der Waals surface area contributed by atoms with Crippen LogP contribution in [0.1, 0.15) is 11.3 Å². The smallest absolute Gasteiger partial charge is 0.122 e. The Labute approximate surface area is 128 Å². The molecule has 0 radical (unpaired) electrons. The summed E-state index contributed by atoms with van der Waals surface area (Å²) in [5, 5.41) is 1.10. The predicted octanol–water partition coefficient (Wildman–Crippen LogP) is 3.79. The molecule has 106 valence electrons. The molecule has 0 aliphatic carbocycles. The van der Waals surface area contributed by atoms with Gasteiger partial charge in [0.25, 0.3) is 0 Å². The zero-order valence-corrected chi connectivity index (χ0v) is 12.8. The number of H-pyrrole nitrogens is 1. The van der Waals surface area contributed by atoms with Crippen molar-refractivity contribution in [3.63, 3.8) is 0 Å². The minimum absolute atomic E-state index is 0.364. The molecule has 0 aliphatic rings. The Morgan fingerprint density at radius 3 is 2.48 bits per heavy atom. The van der Waals surface area contributed by atoms with Crippen molar-refractivity contribution in [1.29, 1.82) is 0 Å². The second-order valence-corrected chi connectivity index (χ2v) is 5.36. The second-order valence-electron chi connectivity index (χ2n) is 4.92. The fraction of sp³-hybridized carbons (Fsp3) is 0.118. The summed E-state index contributed by atoms with van der Waals surface area (Å²) in [5.41, 5.74) is 10.9. The standard InChI is InChI=1S/C17H16N2OS/c1-10-13(20-2)9-8-12-14(10)15(16(19-12)17(18)21)11-6-4-3-5-7-11/h3-9,19H,1-2H3,(H2,18,21). The maximum Gasteiger partial charge on any atom is 0.122 e. The molecule has 0 bridgehead atoms. The average molecular weight is 296 g/mol. The van der Waals surface area contributed by atoms with Crippen LogP contribution in [0.5, 0.6) is 5.75 Å². The first-order chi connectivity index (χ1) is 10.1. The van der Waals surface area contributed by atoms with E-state index < -0.39 is 0 Å². The molecule has 3 nitrogen and oxygen atoms in total. The van der Waals surface area contributed by atoms with E-state index in [9.17, 15) is 0 Å². The molecule has 3 N–H and O–H groups in total. The summed E-state index contributed by atoms with van der Waals surface area (Å²) in [6.45, 7) is 2.05. The molecular formula is C17H16N2OS. The molecule has 3 aromatic rings. The van der Waals surface area contributed by atoms with Crippen LogP contribution in [0.2, 0.25) is 0 Å². The van der Waals surface area contributed by atoms with Crippen LogP contribution in [0.4, 0.5) is 0 Å². The number of aryl methyl sites for hydroxylation is 1. The number of aromatic nitrogens is 1. The van der Waals surface area contributed by atoms with Crippen LogP contribution in [0.25, 0.3) is 22.0 Å². The fourth-order valence-electron chi connectivity index (χ4n) is 2.74. The Morgan fingerprint density at radius 1 is 1.14 bits per heavy atom. The van der Waals surface area contributed by atoms with Crippen LogP contribution in [-0.4, -0.2) is 17.1 Å². The Hall–Kier alpha value is -2.33. The maximum absolute atomic E-state index is 5.91. The summed E-state index contributed by atoms with van der Waals surface area (Å²) in [5.74, 6) is 0.855. The van der Waals surface area contributed by atoms with Crippen LogP contribution in [0.15, 0.2) is 42.5 Å². The predicted molar refractivity (Wildman–Crippen MR) is 90.9 cm³/mol. The number of benzene rings is 2. The van der Waals surface area contributed by atoms with Gasteiger partial charge >= 0.3 is 0 Å². The summed E-state index contributed by atoms with van der Waals surface area (Å²) in [6.07, 6.45) is 0. The van der Waals surface area contributed by atoms with Gasteiger partial charge in [-0.05, 0) is 24.6 Å². The highest BCUT2D eigenvalue weighted by molar-refractivity contribution is 7.80. The Morgan fingerprint density at radius 2 is 1.86 bits per heavy atom. The summed E-state index contributed by atoms with van der Waals surface area (Å²) < 4.78 is 5.44. The number of hydrogen-bond donors (Lipinski definition) is 2. The van der Waals surface area contributed by atoms with Crippen LogP contribution in [0, 0.1) is 6.92 Å². The third-order valence-corrected chi connectivity index (χ3v) is 3.91. The first kappa shape index (κ1) is 13.6. The lowest BCUT2D eigenvalue weighted by molar-refractivity contribution is 0.412. The molecule has 0 aliphatic heterocycles. The van der Waals surface area contributed by atoms with E-state index in [2.05, 4.69) is 17.1 Å². The maximum atomic E-state index is 5.91. The number of hydrogen-bond acceptors (Lipinski definition) is 2. The van der Waals surface area contributed by atoms with Gasteiger partial charge in [0, 0.05) is 22.0 Å². The zero-order chi connectivity index (χ0) is 15.0. The molecule has 0 unspecified atom stereocenters. The van der Waals surface area contributed by atoms with E-state index in [1.165, 1.54) is 0 Å². The lowest BCUT2D eigenvalue weighted by Crippen LogP contribution is -2.10. The number of ether oxygens (including phenoxy) is 1. The molecule has 0 fully saturated rings. The molecule has 0 atom stereocenters. The van der Waals surface area contributed by atoms with Crippen molar-refractivity contribution in [2.45, 2.75) is 6.92 Å². The Balaban J connectivity index is 2.44. The first-order valence-electron chi connectivity index (χ1n) is 6.68. The number of rotatable bonds is 3. The Kier molecular flexibility index (Phi) is 3.39. The van der Waals surface area contributed by atoms with E-state index in [4.69, 9.17) is 22.7 Å². The van der Waals surface area contributed by atoms with Crippen molar-refractivity contribution in [3.05, 3.63) is 53.7 Å². The van der Waals surface area contributed by atoms with Crippen LogP contribution < -0.4 is 10.5 Å². The van der Waals surface area contributed by atoms with Crippen LogP contribution in [0.3, 0.4) is 0 Å². The molecule has 0 saturated heterocycles. The number of fused-ring (bicyclic) bond motifs is 1. The molecule has 0 saturated carbocycles. The van der Waals surface area contributed by atoms with Crippen LogP contribution >= 0.6 is 12.2 Å². The van der Waals surface area contributed by atoms with Crippen molar-refractivity contribution in [2.24, 2.45) is 5.73 Å². The van der Waals surface area contributed by atoms with Gasteiger partial charge < -0.3 is 15.5 Å². The van der Waals surface area contributed by atoms with Crippen molar-refractivity contribution >= 4 is 28.1 Å². The minimum atomic E-state index is 0.364. The van der Waals surface area contributed by atoms with E-state index in [1.54, 1.807) is 7.11 Å². The largest absolute Gasteiger partial charge is 0.496 e. The number of thiocarbonyl (C=S) groups is 1. The normalized spacial score (nSPS) is 10.8. The van der Waals surface area contributed by atoms with Crippen molar-refractivity contribution in [1.82, 2.24) is 4.98 Å². The third kappa shape index (κ3) is 2.17. The molecular weight excluding hydrogens is 280 g/mol. The van der Waals surface area contributed by atoms with Crippen molar-refractivity contribution < 1.29 is 4.74 Å². The molecule has 21 heavy (non-hydrogen) atoms. The van der Waals surface area contributed by atoms with Crippen molar-refractivity contribution in [3.8, 4) is 16.9 Å². The molecule has 4 heteroatoms. The van der Waals surface area contributed by atoms with E-state index in [1.807, 2.05) is 37.3 Å². The summed E-state index contributed by atoms with van der Waals surface area (Å²) in [7, 11) is 1.68. The molecule has 3 rings (SSSR count). The highest BCUT2D eigenvalue weighted by Gasteiger charge is 2.18. The summed E-state index contributed by atoms with van der Waals surface area (Å²) in [4.78, 5) is 3.70. The van der Waals surface area contributed by atoms with E-state index >= 15 is 0 Å². The Bertz CT molecular complexity index is 822. The summed E-state index contributed by atoms with van der Waals surface area (Å²) in [6, 6.07) is 14.1. The van der Waals surface area contributed by atoms with Gasteiger partial charge in [-0.15, -0.1) is 0 Å². The quantitative estimate of drug-likeness (QED) is 0.723. The van der Waals surface area contributed by atoms with Gasteiger partial charge in [-0.2, -0.15) is 0 Å². The monoisotopic (exact) mass is 296 g/mol. The van der Waals surface area contributed by atoms with E-state index in [0.717, 1.165) is 39.0 Å². The lowest BCUT2D eigenvalue weighted by atomic mass is 9.98. The number of methoxy groups -OCH3 is 1. The van der Waals surface area contributed by atoms with E-state index in [-0.39, 0.29) is 0 Å². The van der Waals surface area contributed by atoms with Gasteiger partial charge in [0.15, 0.2) is 0 Å². The SMILES string of the molecule is COc1ccc2[nH]c(C(N)=S)c(-c3ccccc3)c2c1C. The van der Waals surface area contributed by atoms with Gasteiger partial charge in [0.05, 0.1) is 12.8 Å². The fourth-order valence-corrected chi connectivity index (χ4v) is 2.89. The molecule has 1 heterocycles. The van der Waals surface area contributed by atoms with Gasteiger partial charge in [-0.25, -0.2) is 0 Å². The molecule has 1 aromatic heterocycles. The van der Waals surface area contributed by atoms with Gasteiger partial charge in [-0.1, -0.05) is 42.5 Å². The second kappa shape index (κ2) is 5.22. The topological polar surface area (TPSA) is 51.0 Å². The van der Waals surface area contributed by atoms with Crippen LogP contribution in [-0.2, 0) is 0 Å². The molecule has 2 aromatic carbocycles. The average Bonchev–Trinajstić information content (AvgIpc) is 2.89. The van der Waals surface area contributed by atoms with Crippen molar-refractivity contribution in [2.75, 3.05) is 7.11 Å². The number of aromatic amines is 1. The number of nitrogens with one attached hydrogen (secondary N) is 1. The van der Waals surface area contributed by atoms with Gasteiger partial charge in [-0.3, -0.25) is 0 Å². The lowest BCUT2D eigenvalue weighted by Gasteiger charge is -2.08. The van der Waals surface area contributed by atoms with Gasteiger partial charge in [0.1, 0.15) is 10.7 Å². The van der Waals surface area contributed by atoms with E-state index in [0.29, 0.717) is 4.99 Å². The van der Waals surface area contributed by atoms with Gasteiger partial charge in [0.2, 0.25) is 0 Å². The molecule has 0 spiro atoms. The zero-order valence-electron chi connectivity index (χ0n) is 11.9. The highest BCUT2D eigenvalue weighted by Crippen LogP contribution is 2.37. The summed E-state index contributed by atoms with van der Waals surface area (Å²) >= 11 is 5.21.